The minimum absolute atomic E-state index is 0.290. The van der Waals surface area contributed by atoms with Gasteiger partial charge in [-0.2, -0.15) is 0 Å². The molecule has 2 aromatic carbocycles. The molecule has 1 unspecified atom stereocenters. The molecule has 0 aliphatic carbocycles. The molecule has 0 saturated carbocycles. The molecular weight excluding hydrogens is 458 g/mol. The van der Waals surface area contributed by atoms with Crippen molar-refractivity contribution in [2.45, 2.75) is 13.0 Å². The number of nitrogens with one attached hydrogen (secondary N) is 1. The molecule has 0 bridgehead atoms. The van der Waals surface area contributed by atoms with Crippen molar-refractivity contribution in [3.63, 3.8) is 0 Å². The molecule has 2 aromatic rings. The van der Waals surface area contributed by atoms with Crippen LogP contribution in [0.2, 0.25) is 0 Å². The third-order valence-corrected chi connectivity index (χ3v) is 6.95. The van der Waals surface area contributed by atoms with E-state index in [-0.39, 0.29) is 5.56 Å². The zero-order valence-electron chi connectivity index (χ0n) is 19.5. The van der Waals surface area contributed by atoms with Crippen molar-refractivity contribution in [3.05, 3.63) is 53.1 Å². The second-order valence-electron chi connectivity index (χ2n) is 8.37. The fourth-order valence-corrected chi connectivity index (χ4v) is 5.43. The molecular formula is C24H29N3O6S. The van der Waals surface area contributed by atoms with E-state index in [1.165, 1.54) is 7.11 Å². The number of imide groups is 1. The number of fused-ring (bicyclic) bond motifs is 1. The largest absolute Gasteiger partial charge is 0.493 e. The molecule has 2 aliphatic heterocycles. The number of piperazine rings is 1. The molecule has 9 nitrogen and oxygen atoms in total. The van der Waals surface area contributed by atoms with E-state index < -0.39 is 33.4 Å². The Morgan fingerprint density at radius 2 is 1.79 bits per heavy atom. The molecule has 34 heavy (non-hydrogen) atoms. The summed E-state index contributed by atoms with van der Waals surface area (Å²) in [6, 6.07) is 9.17. The van der Waals surface area contributed by atoms with Gasteiger partial charge in [0.1, 0.15) is 9.84 Å². The number of hydrogen-bond acceptors (Lipinski definition) is 8. The summed E-state index contributed by atoms with van der Waals surface area (Å²) >= 11 is 0. The van der Waals surface area contributed by atoms with Crippen molar-refractivity contribution in [1.29, 1.82) is 0 Å². The second-order valence-corrected chi connectivity index (χ2v) is 10.6. The number of benzene rings is 2. The number of carbonyl (C=O) groups is 2. The first-order valence-corrected chi connectivity index (χ1v) is 13.3. The van der Waals surface area contributed by atoms with Gasteiger partial charge in [0.15, 0.2) is 11.5 Å². The number of hydrogen-bond donors (Lipinski definition) is 1. The number of rotatable bonds is 8. The van der Waals surface area contributed by atoms with Gasteiger partial charge in [-0.15, -0.1) is 0 Å². The first kappa shape index (κ1) is 24.0. The smallest absolute Gasteiger partial charge is 0.264 e. The average molecular weight is 488 g/mol. The fourth-order valence-electron chi connectivity index (χ4n) is 4.51. The highest BCUT2D eigenvalue weighted by atomic mass is 32.2. The van der Waals surface area contributed by atoms with E-state index in [9.17, 15) is 18.0 Å². The Kier molecular flexibility index (Phi) is 6.81. The van der Waals surface area contributed by atoms with Crippen LogP contribution in [0.3, 0.4) is 0 Å². The number of sulfone groups is 1. The maximum Gasteiger partial charge on any atom is 0.264 e. The Bertz CT molecular complexity index is 1210. The maximum absolute atomic E-state index is 13.7. The van der Waals surface area contributed by atoms with E-state index in [1.54, 1.807) is 30.3 Å². The van der Waals surface area contributed by atoms with Gasteiger partial charge < -0.3 is 19.7 Å². The van der Waals surface area contributed by atoms with Crippen molar-refractivity contribution < 1.29 is 27.5 Å². The summed E-state index contributed by atoms with van der Waals surface area (Å²) in [5.41, 5.74) is 1.79. The minimum Gasteiger partial charge on any atom is -0.493 e. The molecule has 2 aliphatic rings. The monoisotopic (exact) mass is 487 g/mol. The van der Waals surface area contributed by atoms with Crippen molar-refractivity contribution in [2.24, 2.45) is 0 Å². The Hall–Kier alpha value is -3.11. The lowest BCUT2D eigenvalue weighted by atomic mass is 10.1. The predicted molar refractivity (Wildman–Crippen MR) is 129 cm³/mol. The molecule has 1 saturated heterocycles. The molecule has 4 rings (SSSR count). The van der Waals surface area contributed by atoms with Gasteiger partial charge >= 0.3 is 0 Å². The quantitative estimate of drug-likeness (QED) is 0.563. The summed E-state index contributed by atoms with van der Waals surface area (Å²) in [5.74, 6) is -0.499. The van der Waals surface area contributed by atoms with Crippen molar-refractivity contribution in [3.8, 4) is 11.5 Å². The van der Waals surface area contributed by atoms with Crippen molar-refractivity contribution in [2.75, 3.05) is 56.8 Å². The van der Waals surface area contributed by atoms with Crippen molar-refractivity contribution >= 4 is 27.3 Å². The molecule has 1 fully saturated rings. The molecule has 0 spiro atoms. The van der Waals surface area contributed by atoms with E-state index in [2.05, 4.69) is 10.2 Å². The van der Waals surface area contributed by atoms with E-state index in [1.807, 2.05) is 13.0 Å². The number of carbonyl (C=O) groups excluding carboxylic acids is 2. The van der Waals surface area contributed by atoms with Crippen LogP contribution in [0.15, 0.2) is 36.4 Å². The van der Waals surface area contributed by atoms with Crippen LogP contribution in [0.1, 0.15) is 39.2 Å². The van der Waals surface area contributed by atoms with Crippen molar-refractivity contribution in [1.82, 2.24) is 10.2 Å². The zero-order valence-corrected chi connectivity index (χ0v) is 20.4. The molecule has 2 amide bonds. The van der Waals surface area contributed by atoms with Gasteiger partial charge in [0, 0.05) is 32.4 Å². The lowest BCUT2D eigenvalue weighted by molar-refractivity contribution is 0.0597. The van der Waals surface area contributed by atoms with E-state index >= 15 is 0 Å². The van der Waals surface area contributed by atoms with Gasteiger partial charge in [0.2, 0.25) is 0 Å². The lowest BCUT2D eigenvalue weighted by Gasteiger charge is -2.31. The Labute approximate surface area is 199 Å². The zero-order chi connectivity index (χ0) is 24.5. The van der Waals surface area contributed by atoms with Gasteiger partial charge in [-0.25, -0.2) is 8.42 Å². The number of methoxy groups -OCH3 is 1. The van der Waals surface area contributed by atoms with Gasteiger partial charge in [-0.05, 0) is 36.8 Å². The number of nitrogens with zero attached hydrogens (tertiary/aromatic N) is 2. The van der Waals surface area contributed by atoms with Crippen LogP contribution in [-0.4, -0.2) is 77.0 Å². The van der Waals surface area contributed by atoms with Crippen LogP contribution in [0.5, 0.6) is 11.5 Å². The molecule has 1 atom stereocenters. The summed E-state index contributed by atoms with van der Waals surface area (Å²) in [5, 5.41) is 3.28. The van der Waals surface area contributed by atoms with Gasteiger partial charge in [0.25, 0.3) is 11.8 Å². The van der Waals surface area contributed by atoms with Crippen LogP contribution in [-0.2, 0) is 9.84 Å². The maximum atomic E-state index is 13.7. The van der Waals surface area contributed by atoms with Crippen LogP contribution >= 0.6 is 0 Å². The SMILES string of the molecule is CCOc1cc(C(CS(C)(=O)=O)N2C(=O)c3cccc(N4CCNCC4)c3C2=O)ccc1OC. The highest BCUT2D eigenvalue weighted by molar-refractivity contribution is 7.90. The number of amides is 2. The normalized spacial score (nSPS) is 17.0. The second kappa shape index (κ2) is 9.63. The molecule has 2 heterocycles. The summed E-state index contributed by atoms with van der Waals surface area (Å²) in [6.07, 6.45) is 1.09. The molecule has 10 heteroatoms. The molecule has 1 N–H and O–H groups in total. The predicted octanol–water partition coefficient (Wildman–Crippen LogP) is 1.89. The number of ether oxygens (including phenoxy) is 2. The summed E-state index contributed by atoms with van der Waals surface area (Å²) in [6.45, 7) is 5.16. The number of anilines is 1. The minimum atomic E-state index is -3.55. The van der Waals surface area contributed by atoms with E-state index in [0.29, 0.717) is 48.0 Å². The van der Waals surface area contributed by atoms with Gasteiger partial charge in [-0.1, -0.05) is 12.1 Å². The highest BCUT2D eigenvalue weighted by Crippen LogP contribution is 2.39. The standard InChI is InChI=1S/C24H29N3O6S/c1-4-33-21-14-16(8-9-20(21)32-2)19(15-34(3,30)31)27-23(28)17-6-5-7-18(22(17)24(27)29)26-12-10-25-11-13-26/h5-9,14,19,25H,4,10-13,15H2,1-3H3. The first-order chi connectivity index (χ1) is 16.2. The van der Waals surface area contributed by atoms with E-state index in [0.717, 1.165) is 24.2 Å². The third kappa shape index (κ3) is 4.60. The summed E-state index contributed by atoms with van der Waals surface area (Å²) < 4.78 is 35.8. The fraction of sp³-hybridized carbons (Fsp3) is 0.417. The Morgan fingerprint density at radius 1 is 1.06 bits per heavy atom. The lowest BCUT2D eigenvalue weighted by Crippen LogP contribution is -2.44. The van der Waals surface area contributed by atoms with Crippen LogP contribution in [0.4, 0.5) is 5.69 Å². The molecule has 182 valence electrons. The highest BCUT2D eigenvalue weighted by Gasteiger charge is 2.44. The van der Waals surface area contributed by atoms with E-state index in [4.69, 9.17) is 9.47 Å². The van der Waals surface area contributed by atoms with Crippen LogP contribution in [0, 0.1) is 0 Å². The summed E-state index contributed by atoms with van der Waals surface area (Å²) in [4.78, 5) is 30.4. The molecule has 0 radical (unpaired) electrons. The van der Waals surface area contributed by atoms with Crippen LogP contribution < -0.4 is 19.7 Å². The van der Waals surface area contributed by atoms with Crippen LogP contribution in [0.25, 0.3) is 0 Å². The molecule has 0 aromatic heterocycles. The topological polar surface area (TPSA) is 105 Å². The average Bonchev–Trinajstić information content (AvgIpc) is 3.08. The third-order valence-electron chi connectivity index (χ3n) is 6.03. The Balaban J connectivity index is 1.79. The first-order valence-electron chi connectivity index (χ1n) is 11.2. The Morgan fingerprint density at radius 3 is 2.44 bits per heavy atom. The summed E-state index contributed by atoms with van der Waals surface area (Å²) in [7, 11) is -2.04. The van der Waals surface area contributed by atoms with Gasteiger partial charge in [-0.3, -0.25) is 14.5 Å². The van der Waals surface area contributed by atoms with Gasteiger partial charge in [0.05, 0.1) is 42.3 Å².